The summed E-state index contributed by atoms with van der Waals surface area (Å²) in [6.07, 6.45) is 3.36. The first-order valence-corrected chi connectivity index (χ1v) is 7.56. The van der Waals surface area contributed by atoms with E-state index in [-0.39, 0.29) is 5.91 Å². The van der Waals surface area contributed by atoms with Crippen molar-refractivity contribution in [2.24, 2.45) is 5.92 Å². The highest BCUT2D eigenvalue weighted by Gasteiger charge is 2.25. The third-order valence-corrected chi connectivity index (χ3v) is 3.91. The lowest BCUT2D eigenvalue weighted by molar-refractivity contribution is 0.0716. The van der Waals surface area contributed by atoms with Gasteiger partial charge in [0, 0.05) is 13.1 Å². The Balaban J connectivity index is 2.09. The van der Waals surface area contributed by atoms with Crippen molar-refractivity contribution < 1.29 is 9.32 Å². The Labute approximate surface area is 120 Å². The Hall–Kier alpha value is -1.36. The van der Waals surface area contributed by atoms with E-state index >= 15 is 0 Å². The van der Waals surface area contributed by atoms with Crippen molar-refractivity contribution in [2.75, 3.05) is 26.2 Å². The average Bonchev–Trinajstić information content (AvgIpc) is 2.78. The molecule has 1 amide bonds. The van der Waals surface area contributed by atoms with Gasteiger partial charge in [-0.2, -0.15) is 0 Å². The minimum Gasteiger partial charge on any atom is -0.361 e. The van der Waals surface area contributed by atoms with Crippen LogP contribution in [0.5, 0.6) is 0 Å². The first-order valence-electron chi connectivity index (χ1n) is 7.56. The van der Waals surface area contributed by atoms with Crippen molar-refractivity contribution in [1.82, 2.24) is 15.4 Å². The maximum Gasteiger partial charge on any atom is 0.259 e. The molecule has 2 heterocycles. The smallest absolute Gasteiger partial charge is 0.259 e. The van der Waals surface area contributed by atoms with Gasteiger partial charge in [-0.1, -0.05) is 12.1 Å². The van der Waals surface area contributed by atoms with Crippen LogP contribution in [-0.2, 0) is 0 Å². The molecule has 1 aliphatic heterocycles. The first-order chi connectivity index (χ1) is 9.63. The van der Waals surface area contributed by atoms with Crippen molar-refractivity contribution in [3.63, 3.8) is 0 Å². The van der Waals surface area contributed by atoms with Gasteiger partial charge in [0.2, 0.25) is 0 Å². The number of nitrogens with one attached hydrogen (secondary N) is 1. The van der Waals surface area contributed by atoms with E-state index < -0.39 is 0 Å². The van der Waals surface area contributed by atoms with E-state index in [1.807, 2.05) is 11.8 Å². The molecular formula is C15H25N3O2. The summed E-state index contributed by atoms with van der Waals surface area (Å²) < 4.78 is 5.12. The van der Waals surface area contributed by atoms with E-state index in [4.69, 9.17) is 4.52 Å². The van der Waals surface area contributed by atoms with Gasteiger partial charge in [-0.3, -0.25) is 4.79 Å². The third kappa shape index (κ3) is 3.39. The fourth-order valence-corrected chi connectivity index (χ4v) is 2.88. The molecule has 1 atom stereocenters. The second-order valence-corrected chi connectivity index (χ2v) is 5.66. The van der Waals surface area contributed by atoms with Gasteiger partial charge < -0.3 is 14.7 Å². The van der Waals surface area contributed by atoms with Gasteiger partial charge in [0.25, 0.3) is 5.91 Å². The number of rotatable bonds is 5. The lowest BCUT2D eigenvalue weighted by atomic mass is 9.98. The number of aromatic nitrogens is 1. The molecule has 5 heteroatoms. The van der Waals surface area contributed by atoms with Crippen LogP contribution in [0.4, 0.5) is 0 Å². The normalized spacial score (nSPS) is 19.1. The molecule has 0 radical (unpaired) electrons. The van der Waals surface area contributed by atoms with Crippen LogP contribution >= 0.6 is 0 Å². The molecule has 1 unspecified atom stereocenters. The molecule has 1 saturated heterocycles. The topological polar surface area (TPSA) is 58.4 Å². The lowest BCUT2D eigenvalue weighted by Crippen LogP contribution is -2.41. The van der Waals surface area contributed by atoms with E-state index in [1.165, 1.54) is 12.8 Å². The fraction of sp³-hybridized carbons (Fsp3) is 0.733. The molecule has 20 heavy (non-hydrogen) atoms. The van der Waals surface area contributed by atoms with Crippen LogP contribution in [0.2, 0.25) is 0 Å². The minimum absolute atomic E-state index is 0.0636. The molecule has 0 saturated carbocycles. The minimum atomic E-state index is 0.0636. The highest BCUT2D eigenvalue weighted by molar-refractivity contribution is 5.96. The molecule has 1 aromatic rings. The van der Waals surface area contributed by atoms with E-state index in [2.05, 4.69) is 17.4 Å². The van der Waals surface area contributed by atoms with Crippen molar-refractivity contribution in [3.05, 3.63) is 17.0 Å². The Morgan fingerprint density at radius 2 is 2.30 bits per heavy atom. The molecule has 0 bridgehead atoms. The Morgan fingerprint density at radius 3 is 2.85 bits per heavy atom. The summed E-state index contributed by atoms with van der Waals surface area (Å²) in [6, 6.07) is 0. The number of nitrogens with zero attached hydrogens (tertiary/aromatic N) is 2. The van der Waals surface area contributed by atoms with Crippen molar-refractivity contribution in [2.45, 2.75) is 40.0 Å². The van der Waals surface area contributed by atoms with Gasteiger partial charge in [0.15, 0.2) is 0 Å². The molecular weight excluding hydrogens is 254 g/mol. The molecule has 1 aromatic heterocycles. The van der Waals surface area contributed by atoms with Crippen LogP contribution in [0.1, 0.15) is 48.0 Å². The Kier molecular flexibility index (Phi) is 5.17. The van der Waals surface area contributed by atoms with E-state index in [0.29, 0.717) is 22.9 Å². The van der Waals surface area contributed by atoms with E-state index in [0.717, 1.165) is 32.6 Å². The number of piperidine rings is 1. The molecule has 2 rings (SSSR count). The van der Waals surface area contributed by atoms with Crippen molar-refractivity contribution >= 4 is 5.91 Å². The summed E-state index contributed by atoms with van der Waals surface area (Å²) in [6.45, 7) is 9.46. The second kappa shape index (κ2) is 6.88. The summed E-state index contributed by atoms with van der Waals surface area (Å²) in [5, 5.41) is 7.30. The van der Waals surface area contributed by atoms with Crippen molar-refractivity contribution in [1.29, 1.82) is 0 Å². The largest absolute Gasteiger partial charge is 0.361 e. The monoisotopic (exact) mass is 279 g/mol. The summed E-state index contributed by atoms with van der Waals surface area (Å²) in [4.78, 5) is 14.7. The average molecular weight is 279 g/mol. The van der Waals surface area contributed by atoms with Gasteiger partial charge in [0.05, 0.1) is 5.69 Å². The van der Waals surface area contributed by atoms with Crippen LogP contribution < -0.4 is 5.32 Å². The second-order valence-electron chi connectivity index (χ2n) is 5.66. The van der Waals surface area contributed by atoms with Crippen LogP contribution in [0.25, 0.3) is 0 Å². The van der Waals surface area contributed by atoms with Crippen LogP contribution in [0.3, 0.4) is 0 Å². The molecule has 0 spiro atoms. The molecule has 1 fully saturated rings. The highest BCUT2D eigenvalue weighted by Crippen LogP contribution is 2.18. The summed E-state index contributed by atoms with van der Waals surface area (Å²) in [7, 11) is 0. The molecule has 112 valence electrons. The summed E-state index contributed by atoms with van der Waals surface area (Å²) in [5.41, 5.74) is 1.33. The van der Waals surface area contributed by atoms with Gasteiger partial charge in [-0.15, -0.1) is 0 Å². The van der Waals surface area contributed by atoms with Crippen LogP contribution in [-0.4, -0.2) is 42.1 Å². The molecule has 5 nitrogen and oxygen atoms in total. The SMILES string of the molecule is CCCN(CC1CCCNC1)C(=O)c1c(C)noc1C. The predicted molar refractivity (Wildman–Crippen MR) is 77.8 cm³/mol. The summed E-state index contributed by atoms with van der Waals surface area (Å²) in [5.74, 6) is 1.24. The predicted octanol–water partition coefficient (Wildman–Crippen LogP) is 2.14. The Bertz CT molecular complexity index is 430. The molecule has 0 aliphatic carbocycles. The van der Waals surface area contributed by atoms with Crippen LogP contribution in [0.15, 0.2) is 4.52 Å². The number of carbonyl (C=O) groups is 1. The van der Waals surface area contributed by atoms with Crippen molar-refractivity contribution in [3.8, 4) is 0 Å². The maximum atomic E-state index is 12.7. The quantitative estimate of drug-likeness (QED) is 0.897. The number of hydrogen-bond donors (Lipinski definition) is 1. The van der Waals surface area contributed by atoms with E-state index in [1.54, 1.807) is 6.92 Å². The zero-order chi connectivity index (χ0) is 14.5. The van der Waals surface area contributed by atoms with Gasteiger partial charge >= 0.3 is 0 Å². The first kappa shape index (κ1) is 15.0. The number of aryl methyl sites for hydroxylation is 2. The zero-order valence-corrected chi connectivity index (χ0v) is 12.7. The highest BCUT2D eigenvalue weighted by atomic mass is 16.5. The molecule has 1 aliphatic rings. The lowest BCUT2D eigenvalue weighted by Gasteiger charge is -2.30. The fourth-order valence-electron chi connectivity index (χ4n) is 2.88. The maximum absolute atomic E-state index is 12.7. The molecule has 1 N–H and O–H groups in total. The van der Waals surface area contributed by atoms with Gasteiger partial charge in [0.1, 0.15) is 11.3 Å². The number of hydrogen-bond acceptors (Lipinski definition) is 4. The van der Waals surface area contributed by atoms with E-state index in [9.17, 15) is 4.79 Å². The number of carbonyl (C=O) groups excluding carboxylic acids is 1. The standard InChI is InChI=1S/C15H25N3O2/c1-4-8-18(10-13-6-5-7-16-9-13)15(19)14-11(2)17-20-12(14)3/h13,16H,4-10H2,1-3H3. The Morgan fingerprint density at radius 1 is 1.50 bits per heavy atom. The van der Waals surface area contributed by atoms with Crippen LogP contribution in [0, 0.1) is 19.8 Å². The molecule has 0 aromatic carbocycles. The third-order valence-electron chi connectivity index (χ3n) is 3.91. The summed E-state index contributed by atoms with van der Waals surface area (Å²) >= 11 is 0. The van der Waals surface area contributed by atoms with Gasteiger partial charge in [-0.05, 0) is 52.1 Å². The zero-order valence-electron chi connectivity index (χ0n) is 12.7. The number of amides is 1. The van der Waals surface area contributed by atoms with Gasteiger partial charge in [-0.25, -0.2) is 0 Å².